The predicted molar refractivity (Wildman–Crippen MR) is 70.8 cm³/mol. The van der Waals surface area contributed by atoms with Crippen LogP contribution in [-0.2, 0) is 6.42 Å². The minimum absolute atomic E-state index is 0.217. The summed E-state index contributed by atoms with van der Waals surface area (Å²) in [5.41, 5.74) is 6.59. The van der Waals surface area contributed by atoms with Crippen LogP contribution in [0, 0.1) is 0 Å². The Bertz CT molecular complexity index is 566. The normalized spacial score (nSPS) is 21.4. The summed E-state index contributed by atoms with van der Waals surface area (Å²) in [6.07, 6.45) is 1.89. The van der Waals surface area contributed by atoms with E-state index in [9.17, 15) is 5.11 Å². The average Bonchev–Trinajstić information content (AvgIpc) is 2.87. The predicted octanol–water partition coefficient (Wildman–Crippen LogP) is -0.535. The Morgan fingerprint density at radius 2 is 2.25 bits per heavy atom. The van der Waals surface area contributed by atoms with E-state index in [0.717, 1.165) is 18.5 Å². The van der Waals surface area contributed by atoms with Crippen molar-refractivity contribution in [3.63, 3.8) is 0 Å². The minimum Gasteiger partial charge on any atom is -0.393 e. The van der Waals surface area contributed by atoms with Crippen molar-refractivity contribution in [3.05, 3.63) is 17.6 Å². The number of aliphatic hydroxyl groups is 1. The van der Waals surface area contributed by atoms with E-state index in [1.807, 2.05) is 6.07 Å². The van der Waals surface area contributed by atoms with Crippen LogP contribution in [0.5, 0.6) is 0 Å². The molecule has 1 saturated carbocycles. The molecule has 1 aliphatic rings. The van der Waals surface area contributed by atoms with E-state index >= 15 is 0 Å². The third-order valence-electron chi connectivity index (χ3n) is 3.34. The Kier molecular flexibility index (Phi) is 3.42. The lowest BCUT2D eigenvalue weighted by molar-refractivity contribution is 0.0732. The Hall–Kier alpha value is -2.29. The molecular formula is C11H16N8O. The molecule has 0 bridgehead atoms. The Morgan fingerprint density at radius 1 is 1.40 bits per heavy atom. The van der Waals surface area contributed by atoms with E-state index in [4.69, 9.17) is 5.73 Å². The number of aromatic nitrogens is 6. The largest absolute Gasteiger partial charge is 0.393 e. The summed E-state index contributed by atoms with van der Waals surface area (Å²) in [7, 11) is 0. The molecule has 1 aliphatic carbocycles. The molecular weight excluding hydrogens is 260 g/mol. The van der Waals surface area contributed by atoms with Gasteiger partial charge in [-0.15, -0.1) is 10.2 Å². The van der Waals surface area contributed by atoms with E-state index in [-0.39, 0.29) is 18.0 Å². The highest BCUT2D eigenvalue weighted by molar-refractivity contribution is 5.42. The number of rotatable bonds is 5. The van der Waals surface area contributed by atoms with Crippen molar-refractivity contribution < 1.29 is 5.11 Å². The third kappa shape index (κ3) is 2.82. The van der Waals surface area contributed by atoms with Gasteiger partial charge in [0.2, 0.25) is 5.95 Å². The van der Waals surface area contributed by atoms with Gasteiger partial charge in [-0.2, -0.15) is 10.2 Å². The number of tetrazole rings is 1. The van der Waals surface area contributed by atoms with Gasteiger partial charge in [-0.05, 0) is 12.8 Å². The molecule has 1 fully saturated rings. The maximum atomic E-state index is 9.35. The number of hydrogen-bond acceptors (Lipinski definition) is 8. The summed E-state index contributed by atoms with van der Waals surface area (Å²) in [6, 6.07) is 1.88. The summed E-state index contributed by atoms with van der Waals surface area (Å²) in [4.78, 5) is 8.37. The van der Waals surface area contributed by atoms with Crippen molar-refractivity contribution >= 4 is 11.8 Å². The van der Waals surface area contributed by atoms with Gasteiger partial charge in [0, 0.05) is 24.9 Å². The molecule has 0 unspecified atom stereocenters. The van der Waals surface area contributed by atoms with Gasteiger partial charge < -0.3 is 16.2 Å². The summed E-state index contributed by atoms with van der Waals surface area (Å²) in [6.45, 7) is 0.628. The molecule has 3 rings (SSSR count). The monoisotopic (exact) mass is 276 g/mol. The standard InChI is InChI=1S/C11H16N8O/c12-11-14-8(6-3-7(20)4-6)5-10(15-11)13-2-1-9-16-18-19-17-9/h5-7,20H,1-4H2,(H3,12,13,14,15)(H,16,17,18,19). The lowest BCUT2D eigenvalue weighted by Crippen LogP contribution is -2.27. The zero-order chi connectivity index (χ0) is 13.9. The van der Waals surface area contributed by atoms with Gasteiger partial charge in [0.15, 0.2) is 5.82 Å². The highest BCUT2D eigenvalue weighted by Gasteiger charge is 2.30. The number of anilines is 2. The number of nitrogen functional groups attached to an aromatic ring is 1. The van der Waals surface area contributed by atoms with Crippen LogP contribution < -0.4 is 11.1 Å². The topological polar surface area (TPSA) is 139 Å². The zero-order valence-electron chi connectivity index (χ0n) is 10.8. The van der Waals surface area contributed by atoms with Crippen molar-refractivity contribution in [2.75, 3.05) is 17.6 Å². The molecule has 0 saturated heterocycles. The number of hydrogen-bond donors (Lipinski definition) is 4. The van der Waals surface area contributed by atoms with E-state index in [1.54, 1.807) is 0 Å². The smallest absolute Gasteiger partial charge is 0.222 e. The number of nitrogens with zero attached hydrogens (tertiary/aromatic N) is 5. The molecule has 0 spiro atoms. The van der Waals surface area contributed by atoms with Crippen LogP contribution in [0.25, 0.3) is 0 Å². The number of aromatic amines is 1. The van der Waals surface area contributed by atoms with Gasteiger partial charge in [0.05, 0.1) is 11.8 Å². The number of H-pyrrole nitrogens is 1. The van der Waals surface area contributed by atoms with Crippen LogP contribution in [0.15, 0.2) is 6.07 Å². The summed E-state index contributed by atoms with van der Waals surface area (Å²) >= 11 is 0. The maximum Gasteiger partial charge on any atom is 0.222 e. The molecule has 20 heavy (non-hydrogen) atoms. The first-order valence-corrected chi connectivity index (χ1v) is 6.49. The van der Waals surface area contributed by atoms with Crippen LogP contribution in [0.2, 0.25) is 0 Å². The molecule has 9 heteroatoms. The van der Waals surface area contributed by atoms with E-state index in [1.165, 1.54) is 0 Å². The van der Waals surface area contributed by atoms with Crippen molar-refractivity contribution in [2.24, 2.45) is 0 Å². The second-order valence-corrected chi connectivity index (χ2v) is 4.86. The van der Waals surface area contributed by atoms with Gasteiger partial charge in [-0.3, -0.25) is 0 Å². The highest BCUT2D eigenvalue weighted by Crippen LogP contribution is 2.36. The van der Waals surface area contributed by atoms with E-state index < -0.39 is 0 Å². The summed E-state index contributed by atoms with van der Waals surface area (Å²) < 4.78 is 0. The molecule has 0 atom stereocenters. The van der Waals surface area contributed by atoms with Crippen molar-refractivity contribution in [2.45, 2.75) is 31.3 Å². The molecule has 2 aromatic rings. The minimum atomic E-state index is -0.217. The van der Waals surface area contributed by atoms with Crippen LogP contribution >= 0.6 is 0 Å². The van der Waals surface area contributed by atoms with Gasteiger partial charge >= 0.3 is 0 Å². The van der Waals surface area contributed by atoms with Crippen LogP contribution in [0.4, 0.5) is 11.8 Å². The van der Waals surface area contributed by atoms with Crippen molar-refractivity contribution in [1.29, 1.82) is 0 Å². The Morgan fingerprint density at radius 3 is 2.95 bits per heavy atom. The highest BCUT2D eigenvalue weighted by atomic mass is 16.3. The van der Waals surface area contributed by atoms with Crippen LogP contribution in [-0.4, -0.2) is 48.3 Å². The first-order chi connectivity index (χ1) is 9.70. The molecule has 0 amide bonds. The molecule has 2 heterocycles. The second-order valence-electron chi connectivity index (χ2n) is 4.86. The molecule has 0 aromatic carbocycles. The fourth-order valence-electron chi connectivity index (χ4n) is 2.21. The first kappa shape index (κ1) is 12.7. The van der Waals surface area contributed by atoms with E-state index in [0.29, 0.717) is 24.6 Å². The molecule has 5 N–H and O–H groups in total. The molecule has 106 valence electrons. The number of nitrogens with one attached hydrogen (secondary N) is 2. The Labute approximate surface area is 115 Å². The molecule has 0 aliphatic heterocycles. The van der Waals surface area contributed by atoms with Crippen molar-refractivity contribution in [1.82, 2.24) is 30.6 Å². The van der Waals surface area contributed by atoms with Gasteiger partial charge in [-0.25, -0.2) is 4.98 Å². The first-order valence-electron chi connectivity index (χ1n) is 6.49. The quantitative estimate of drug-likeness (QED) is 0.571. The third-order valence-corrected chi connectivity index (χ3v) is 3.34. The fourth-order valence-corrected chi connectivity index (χ4v) is 2.21. The average molecular weight is 276 g/mol. The second kappa shape index (κ2) is 5.37. The molecule has 0 radical (unpaired) electrons. The number of nitrogens with two attached hydrogens (primary N) is 1. The van der Waals surface area contributed by atoms with E-state index in [2.05, 4.69) is 35.9 Å². The maximum absolute atomic E-state index is 9.35. The molecule has 9 nitrogen and oxygen atoms in total. The fraction of sp³-hybridized carbons (Fsp3) is 0.545. The van der Waals surface area contributed by atoms with Crippen LogP contribution in [0.3, 0.4) is 0 Å². The summed E-state index contributed by atoms with van der Waals surface area (Å²) in [5.74, 6) is 1.83. The molecule has 2 aromatic heterocycles. The van der Waals surface area contributed by atoms with Gasteiger partial charge in [-0.1, -0.05) is 5.21 Å². The van der Waals surface area contributed by atoms with Crippen LogP contribution in [0.1, 0.15) is 30.3 Å². The Balaban J connectivity index is 1.61. The number of aliphatic hydroxyl groups excluding tert-OH is 1. The van der Waals surface area contributed by atoms with Crippen molar-refractivity contribution in [3.8, 4) is 0 Å². The summed E-state index contributed by atoms with van der Waals surface area (Å²) in [5, 5.41) is 26.1. The lowest BCUT2D eigenvalue weighted by Gasteiger charge is -2.30. The zero-order valence-corrected chi connectivity index (χ0v) is 10.8. The van der Waals surface area contributed by atoms with Gasteiger partial charge in [0.25, 0.3) is 0 Å². The van der Waals surface area contributed by atoms with Gasteiger partial charge in [0.1, 0.15) is 5.82 Å². The lowest BCUT2D eigenvalue weighted by atomic mass is 9.80. The SMILES string of the molecule is Nc1nc(NCCc2nn[nH]n2)cc(C2CC(O)C2)n1.